The van der Waals surface area contributed by atoms with Crippen LogP contribution in [0, 0.1) is 0 Å². The average Bonchev–Trinajstić information content (AvgIpc) is 1.69. The molecule has 0 atom stereocenters. The molecule has 0 aliphatic carbocycles. The van der Waals surface area contributed by atoms with Gasteiger partial charge < -0.3 is 0 Å². The van der Waals surface area contributed by atoms with Gasteiger partial charge in [-0.25, -0.2) is 0 Å². The molecule has 0 fully saturated rings. The Bertz CT molecular complexity index is 77.8. The van der Waals surface area contributed by atoms with Crippen molar-refractivity contribution < 1.29 is 0 Å². The third-order valence-electron chi connectivity index (χ3n) is 0.343. The molecule has 1 nitrogen and oxygen atoms in total. The Morgan fingerprint density at radius 1 is 1.71 bits per heavy atom. The summed E-state index contributed by atoms with van der Waals surface area (Å²) in [6, 6.07) is 0. The summed E-state index contributed by atoms with van der Waals surface area (Å²) < 4.78 is 0. The van der Waals surface area contributed by atoms with Gasteiger partial charge in [-0.2, -0.15) is 0 Å². The van der Waals surface area contributed by atoms with Crippen molar-refractivity contribution in [2.45, 2.75) is 6.92 Å². The zero-order valence-electron chi connectivity index (χ0n) is 4.03. The maximum absolute atomic E-state index is 3.83. The molecule has 0 bridgehead atoms. The van der Waals surface area contributed by atoms with Gasteiger partial charge in [-0.15, -0.1) is 11.7 Å². The van der Waals surface area contributed by atoms with E-state index in [0.29, 0.717) is 0 Å². The van der Waals surface area contributed by atoms with Gasteiger partial charge in [-0.1, -0.05) is 6.08 Å². The van der Waals surface area contributed by atoms with Crippen LogP contribution in [-0.2, 0) is 0 Å². The molecule has 0 aliphatic heterocycles. The lowest BCUT2D eigenvalue weighted by atomic mass is 10.7. The molecule has 0 heterocycles. The molecule has 0 aliphatic rings. The molecule has 0 rings (SSSR count). The molecule has 40 valence electrons. The first-order chi connectivity index (χ1) is 3.41. The van der Waals surface area contributed by atoms with Crippen LogP contribution in [0.2, 0.25) is 0 Å². The Balaban J connectivity index is 3.09. The van der Waals surface area contributed by atoms with Crippen LogP contribution in [0.1, 0.15) is 6.92 Å². The molecule has 0 radical (unpaired) electrons. The van der Waals surface area contributed by atoms with Gasteiger partial charge in [0.1, 0.15) is 0 Å². The minimum absolute atomic E-state index is 1.29. The smallest absolute Gasteiger partial charge is 0.0701 e. The van der Waals surface area contributed by atoms with Crippen LogP contribution >= 0.6 is 22.5 Å². The predicted molar refractivity (Wildman–Crippen MR) is 39.9 cm³/mol. The SMILES string of the molecule is C/C=C/N=CSS. The molecule has 0 unspecified atom stereocenters. The van der Waals surface area contributed by atoms with Crippen LogP contribution in [-0.4, -0.2) is 5.55 Å². The minimum Gasteiger partial charge on any atom is -0.257 e. The van der Waals surface area contributed by atoms with Gasteiger partial charge in [0.15, 0.2) is 0 Å². The van der Waals surface area contributed by atoms with Crippen LogP contribution < -0.4 is 0 Å². The van der Waals surface area contributed by atoms with Crippen molar-refractivity contribution in [2.75, 3.05) is 0 Å². The fraction of sp³-hybridized carbons (Fsp3) is 0.250. The molecule has 0 N–H and O–H groups in total. The summed E-state index contributed by atoms with van der Waals surface area (Å²) in [4.78, 5) is 3.79. The highest BCUT2D eigenvalue weighted by Gasteiger charge is 1.59. The van der Waals surface area contributed by atoms with E-state index in [9.17, 15) is 0 Å². The van der Waals surface area contributed by atoms with Crippen molar-refractivity contribution >= 4 is 28.0 Å². The quantitative estimate of drug-likeness (QED) is 0.263. The predicted octanol–water partition coefficient (Wildman–Crippen LogP) is 2.13. The van der Waals surface area contributed by atoms with E-state index in [4.69, 9.17) is 0 Å². The fourth-order valence-electron chi connectivity index (χ4n) is 0.148. The van der Waals surface area contributed by atoms with Gasteiger partial charge in [0.05, 0.1) is 5.55 Å². The molecular weight excluding hydrogens is 126 g/mol. The summed E-state index contributed by atoms with van der Waals surface area (Å²) in [5, 5.41) is 0. The molecule has 0 saturated carbocycles. The van der Waals surface area contributed by atoms with Gasteiger partial charge >= 0.3 is 0 Å². The highest BCUT2D eigenvalue weighted by atomic mass is 33.1. The van der Waals surface area contributed by atoms with Crippen molar-refractivity contribution in [1.29, 1.82) is 0 Å². The Morgan fingerprint density at radius 3 is 2.86 bits per heavy atom. The summed E-state index contributed by atoms with van der Waals surface area (Å²) in [5.41, 5.74) is 1.66. The van der Waals surface area contributed by atoms with Crippen molar-refractivity contribution in [1.82, 2.24) is 0 Å². The number of hydrogen-bond acceptors (Lipinski definition) is 3. The normalized spacial score (nSPS) is 11.7. The van der Waals surface area contributed by atoms with E-state index in [2.05, 4.69) is 16.7 Å². The zero-order chi connectivity index (χ0) is 5.54. The summed E-state index contributed by atoms with van der Waals surface area (Å²) in [7, 11) is 1.29. The van der Waals surface area contributed by atoms with E-state index < -0.39 is 0 Å². The van der Waals surface area contributed by atoms with Gasteiger partial charge in [-0.05, 0) is 17.7 Å². The average molecular weight is 133 g/mol. The van der Waals surface area contributed by atoms with Gasteiger partial charge in [0.25, 0.3) is 0 Å². The van der Waals surface area contributed by atoms with Crippen LogP contribution in [0.15, 0.2) is 17.3 Å². The molecule has 0 spiro atoms. The van der Waals surface area contributed by atoms with E-state index in [1.165, 1.54) is 10.8 Å². The van der Waals surface area contributed by atoms with Crippen molar-refractivity contribution in [3.05, 3.63) is 12.3 Å². The van der Waals surface area contributed by atoms with E-state index >= 15 is 0 Å². The summed E-state index contributed by atoms with van der Waals surface area (Å²) >= 11 is 3.83. The fourth-order valence-corrected chi connectivity index (χ4v) is 0.436. The third-order valence-corrected chi connectivity index (χ3v) is 0.842. The molecule has 0 aromatic carbocycles. The highest BCUT2D eigenvalue weighted by molar-refractivity contribution is 8.74. The topological polar surface area (TPSA) is 12.4 Å². The first-order valence-electron chi connectivity index (χ1n) is 1.85. The number of thiol groups is 1. The van der Waals surface area contributed by atoms with Crippen LogP contribution in [0.5, 0.6) is 0 Å². The molecule has 0 amide bonds. The van der Waals surface area contributed by atoms with E-state index in [1.54, 1.807) is 11.7 Å². The van der Waals surface area contributed by atoms with Gasteiger partial charge in [0.2, 0.25) is 0 Å². The first kappa shape index (κ1) is 7.11. The Labute approximate surface area is 52.7 Å². The van der Waals surface area contributed by atoms with Crippen LogP contribution in [0.4, 0.5) is 0 Å². The Hall–Kier alpha value is 0.110. The Morgan fingerprint density at radius 2 is 2.43 bits per heavy atom. The number of nitrogens with zero attached hydrogens (tertiary/aromatic N) is 1. The maximum Gasteiger partial charge on any atom is 0.0701 e. The molecule has 0 saturated heterocycles. The summed E-state index contributed by atoms with van der Waals surface area (Å²) in [5.74, 6) is 0. The molecule has 7 heavy (non-hydrogen) atoms. The van der Waals surface area contributed by atoms with Crippen molar-refractivity contribution in [3.8, 4) is 0 Å². The maximum atomic E-state index is 3.83. The highest BCUT2D eigenvalue weighted by Crippen LogP contribution is 1.97. The lowest BCUT2D eigenvalue weighted by Crippen LogP contribution is -1.49. The first-order valence-corrected chi connectivity index (χ1v) is 3.78. The minimum atomic E-state index is 1.29. The number of hydrogen-bond donors (Lipinski definition) is 1. The van der Waals surface area contributed by atoms with E-state index in [1.807, 2.05) is 13.0 Å². The molecule has 3 heteroatoms. The molecule has 0 aromatic heterocycles. The lowest BCUT2D eigenvalue weighted by molar-refractivity contribution is 1.56. The second-order valence-corrected chi connectivity index (χ2v) is 1.90. The molecule has 0 aromatic rings. The van der Waals surface area contributed by atoms with Gasteiger partial charge in [0, 0.05) is 6.20 Å². The second kappa shape index (κ2) is 6.11. The largest absolute Gasteiger partial charge is 0.257 e. The number of aliphatic imine (C=N–C) groups is 1. The monoisotopic (exact) mass is 133 g/mol. The van der Waals surface area contributed by atoms with Crippen molar-refractivity contribution in [2.24, 2.45) is 4.99 Å². The standard InChI is InChI=1S/C4H7NS2/c1-2-3-5-4-7-6/h2-4,6H,1H3/b3-2+,5-4?. The number of rotatable bonds is 2. The van der Waals surface area contributed by atoms with Crippen LogP contribution in [0.25, 0.3) is 0 Å². The van der Waals surface area contributed by atoms with Crippen LogP contribution in [0.3, 0.4) is 0 Å². The Kier molecular flexibility index (Phi) is 6.21. The third kappa shape index (κ3) is 6.11. The van der Waals surface area contributed by atoms with E-state index in [-0.39, 0.29) is 0 Å². The zero-order valence-corrected chi connectivity index (χ0v) is 5.75. The van der Waals surface area contributed by atoms with E-state index in [0.717, 1.165) is 0 Å². The van der Waals surface area contributed by atoms with Crippen molar-refractivity contribution in [3.63, 3.8) is 0 Å². The summed E-state index contributed by atoms with van der Waals surface area (Å²) in [6.45, 7) is 1.92. The summed E-state index contributed by atoms with van der Waals surface area (Å²) in [6.07, 6.45) is 3.57. The lowest BCUT2D eigenvalue weighted by Gasteiger charge is -1.70. The second-order valence-electron chi connectivity index (χ2n) is 0.842. The molecular formula is C4H7NS2. The van der Waals surface area contributed by atoms with Gasteiger partial charge in [-0.3, -0.25) is 4.99 Å². The number of allylic oxidation sites excluding steroid dienone is 1.